The monoisotopic (exact) mass is 204 g/mol. The Morgan fingerprint density at radius 2 is 2.20 bits per heavy atom. The number of hydrogen-bond donors (Lipinski definition) is 0. The Kier molecular flexibility index (Phi) is 4.41. The molecule has 0 amide bonds. The number of ether oxygens (including phenoxy) is 1. The van der Waals surface area contributed by atoms with Crippen molar-refractivity contribution in [1.29, 1.82) is 0 Å². The maximum Gasteiger partial charge on any atom is 0.123 e. The van der Waals surface area contributed by atoms with Crippen LogP contribution in [0.5, 0.6) is 5.75 Å². The van der Waals surface area contributed by atoms with Crippen molar-refractivity contribution in [3.63, 3.8) is 0 Å². The molecule has 1 atom stereocenters. The quantitative estimate of drug-likeness (QED) is 0.698. The lowest BCUT2D eigenvalue weighted by Crippen LogP contribution is -2.11. The maximum atomic E-state index is 5.88. The molecule has 1 aromatic carbocycles. The van der Waals surface area contributed by atoms with Gasteiger partial charge in [-0.15, -0.1) is 0 Å². The van der Waals surface area contributed by atoms with E-state index < -0.39 is 0 Å². The molecule has 0 radical (unpaired) electrons. The molecule has 0 aliphatic carbocycles. The summed E-state index contributed by atoms with van der Waals surface area (Å²) in [6.07, 6.45) is 4.40. The van der Waals surface area contributed by atoms with Gasteiger partial charge in [-0.1, -0.05) is 38.1 Å². The molecule has 0 heterocycles. The summed E-state index contributed by atoms with van der Waals surface area (Å²) in [5.74, 6) is 0.980. The highest BCUT2D eigenvalue weighted by Crippen LogP contribution is 2.23. The third-order valence-corrected chi connectivity index (χ3v) is 2.57. The summed E-state index contributed by atoms with van der Waals surface area (Å²) < 4.78 is 5.88. The van der Waals surface area contributed by atoms with E-state index in [1.165, 1.54) is 5.56 Å². The molecule has 0 saturated heterocycles. The standard InChI is InChI=1S/C14H20O/c1-5-8-11(3)15-14-10-7-9-13(6-2)12(14)4/h6-7,9-11H,2,5,8H2,1,3-4H3. The Hall–Kier alpha value is -1.24. The number of benzene rings is 1. The van der Waals surface area contributed by atoms with Crippen LogP contribution in [0.4, 0.5) is 0 Å². The van der Waals surface area contributed by atoms with Gasteiger partial charge in [-0.05, 0) is 37.5 Å². The van der Waals surface area contributed by atoms with E-state index in [0.717, 1.165) is 24.2 Å². The van der Waals surface area contributed by atoms with Crippen LogP contribution in [0.15, 0.2) is 24.8 Å². The highest BCUT2D eigenvalue weighted by atomic mass is 16.5. The van der Waals surface area contributed by atoms with Crippen LogP contribution in [-0.2, 0) is 0 Å². The molecular weight excluding hydrogens is 184 g/mol. The van der Waals surface area contributed by atoms with Gasteiger partial charge in [0, 0.05) is 0 Å². The molecule has 0 saturated carbocycles. The van der Waals surface area contributed by atoms with Crippen molar-refractivity contribution in [1.82, 2.24) is 0 Å². The van der Waals surface area contributed by atoms with Gasteiger partial charge < -0.3 is 4.74 Å². The van der Waals surface area contributed by atoms with Crippen molar-refractivity contribution >= 4 is 6.08 Å². The molecule has 1 heteroatoms. The summed E-state index contributed by atoms with van der Waals surface area (Å²) in [6.45, 7) is 10.2. The Labute approximate surface area is 92.8 Å². The third kappa shape index (κ3) is 3.12. The lowest BCUT2D eigenvalue weighted by atomic mass is 10.1. The second-order valence-electron chi connectivity index (χ2n) is 3.89. The maximum absolute atomic E-state index is 5.88. The van der Waals surface area contributed by atoms with Crippen LogP contribution < -0.4 is 4.74 Å². The van der Waals surface area contributed by atoms with Crippen LogP contribution >= 0.6 is 0 Å². The van der Waals surface area contributed by atoms with Crippen LogP contribution in [0.3, 0.4) is 0 Å². The summed E-state index contributed by atoms with van der Waals surface area (Å²) in [7, 11) is 0. The zero-order valence-corrected chi connectivity index (χ0v) is 9.92. The van der Waals surface area contributed by atoms with Crippen molar-refractivity contribution in [2.45, 2.75) is 39.7 Å². The molecule has 15 heavy (non-hydrogen) atoms. The number of hydrogen-bond acceptors (Lipinski definition) is 1. The van der Waals surface area contributed by atoms with E-state index in [1.807, 2.05) is 18.2 Å². The summed E-state index contributed by atoms with van der Waals surface area (Å²) in [4.78, 5) is 0. The first kappa shape index (κ1) is 11.8. The van der Waals surface area contributed by atoms with Gasteiger partial charge in [-0.3, -0.25) is 0 Å². The third-order valence-electron chi connectivity index (χ3n) is 2.57. The Balaban J connectivity index is 2.81. The van der Waals surface area contributed by atoms with E-state index in [-0.39, 0.29) is 6.10 Å². The van der Waals surface area contributed by atoms with Gasteiger partial charge in [-0.25, -0.2) is 0 Å². The van der Waals surface area contributed by atoms with Gasteiger partial charge in [0.2, 0.25) is 0 Å². The average Bonchev–Trinajstić information content (AvgIpc) is 2.21. The van der Waals surface area contributed by atoms with Crippen molar-refractivity contribution in [2.24, 2.45) is 0 Å². The molecule has 1 unspecified atom stereocenters. The van der Waals surface area contributed by atoms with E-state index in [1.54, 1.807) is 0 Å². The van der Waals surface area contributed by atoms with Crippen molar-refractivity contribution in [3.05, 3.63) is 35.9 Å². The highest BCUT2D eigenvalue weighted by Gasteiger charge is 2.06. The molecule has 0 aromatic heterocycles. The first-order valence-corrected chi connectivity index (χ1v) is 5.57. The Morgan fingerprint density at radius 3 is 2.80 bits per heavy atom. The lowest BCUT2D eigenvalue weighted by molar-refractivity contribution is 0.208. The van der Waals surface area contributed by atoms with Crippen LogP contribution in [0, 0.1) is 6.92 Å². The predicted molar refractivity (Wildman–Crippen MR) is 66.3 cm³/mol. The minimum Gasteiger partial charge on any atom is -0.490 e. The van der Waals surface area contributed by atoms with Gasteiger partial charge in [0.25, 0.3) is 0 Å². The molecule has 0 aliphatic heterocycles. The van der Waals surface area contributed by atoms with E-state index in [9.17, 15) is 0 Å². The first-order chi connectivity index (χ1) is 7.19. The predicted octanol–water partition coefficient (Wildman–Crippen LogP) is 4.21. The number of rotatable bonds is 5. The Bertz CT molecular complexity index is 328. The molecule has 1 aromatic rings. The summed E-state index contributed by atoms with van der Waals surface area (Å²) >= 11 is 0. The summed E-state index contributed by atoms with van der Waals surface area (Å²) in [6, 6.07) is 6.09. The molecule has 0 spiro atoms. The van der Waals surface area contributed by atoms with Crippen molar-refractivity contribution in [2.75, 3.05) is 0 Å². The second-order valence-corrected chi connectivity index (χ2v) is 3.89. The Morgan fingerprint density at radius 1 is 1.47 bits per heavy atom. The van der Waals surface area contributed by atoms with Crippen LogP contribution in [0.1, 0.15) is 37.8 Å². The molecule has 82 valence electrons. The van der Waals surface area contributed by atoms with Crippen LogP contribution in [-0.4, -0.2) is 6.10 Å². The minimum atomic E-state index is 0.286. The van der Waals surface area contributed by atoms with Crippen molar-refractivity contribution < 1.29 is 4.74 Å². The largest absolute Gasteiger partial charge is 0.490 e. The van der Waals surface area contributed by atoms with Gasteiger partial charge in [0.1, 0.15) is 5.75 Å². The van der Waals surface area contributed by atoms with Gasteiger partial charge in [0.15, 0.2) is 0 Å². The fraction of sp³-hybridized carbons (Fsp3) is 0.429. The van der Waals surface area contributed by atoms with Gasteiger partial charge in [-0.2, -0.15) is 0 Å². The van der Waals surface area contributed by atoms with E-state index in [0.29, 0.717) is 0 Å². The summed E-state index contributed by atoms with van der Waals surface area (Å²) in [5.41, 5.74) is 2.33. The molecule has 1 rings (SSSR count). The SMILES string of the molecule is C=Cc1cccc(OC(C)CCC)c1C. The van der Waals surface area contributed by atoms with Crippen LogP contribution in [0.2, 0.25) is 0 Å². The zero-order valence-electron chi connectivity index (χ0n) is 9.92. The molecule has 0 bridgehead atoms. The van der Waals surface area contributed by atoms with E-state index >= 15 is 0 Å². The first-order valence-electron chi connectivity index (χ1n) is 5.57. The smallest absolute Gasteiger partial charge is 0.123 e. The fourth-order valence-corrected chi connectivity index (χ4v) is 1.66. The van der Waals surface area contributed by atoms with Gasteiger partial charge in [0.05, 0.1) is 6.10 Å². The van der Waals surface area contributed by atoms with E-state index in [4.69, 9.17) is 4.74 Å². The zero-order chi connectivity index (χ0) is 11.3. The minimum absolute atomic E-state index is 0.286. The van der Waals surface area contributed by atoms with Crippen LogP contribution in [0.25, 0.3) is 6.08 Å². The fourth-order valence-electron chi connectivity index (χ4n) is 1.66. The molecule has 1 nitrogen and oxygen atoms in total. The normalized spacial score (nSPS) is 12.2. The second kappa shape index (κ2) is 5.59. The molecule has 0 N–H and O–H groups in total. The summed E-state index contributed by atoms with van der Waals surface area (Å²) in [5, 5.41) is 0. The molecule has 0 fully saturated rings. The molecular formula is C14H20O. The highest BCUT2D eigenvalue weighted by molar-refractivity contribution is 5.55. The van der Waals surface area contributed by atoms with E-state index in [2.05, 4.69) is 33.4 Å². The van der Waals surface area contributed by atoms with Gasteiger partial charge >= 0.3 is 0 Å². The topological polar surface area (TPSA) is 9.23 Å². The molecule has 0 aliphatic rings. The average molecular weight is 204 g/mol. The lowest BCUT2D eigenvalue weighted by Gasteiger charge is -2.16. The van der Waals surface area contributed by atoms with Crippen molar-refractivity contribution in [3.8, 4) is 5.75 Å².